The van der Waals surface area contributed by atoms with E-state index in [1.165, 1.54) is 18.3 Å². The molecule has 0 fully saturated rings. The number of anilines is 1. The lowest BCUT2D eigenvalue weighted by atomic mass is 9.84. The highest BCUT2D eigenvalue weighted by molar-refractivity contribution is 6.30. The molecule has 28 heavy (non-hydrogen) atoms. The van der Waals surface area contributed by atoms with Crippen molar-refractivity contribution in [3.63, 3.8) is 0 Å². The van der Waals surface area contributed by atoms with Gasteiger partial charge in [-0.15, -0.1) is 0 Å². The van der Waals surface area contributed by atoms with Crippen LogP contribution in [0.1, 0.15) is 23.7 Å². The summed E-state index contributed by atoms with van der Waals surface area (Å²) in [4.78, 5) is 12.2. The van der Waals surface area contributed by atoms with Crippen molar-refractivity contribution in [3.05, 3.63) is 58.1 Å². The predicted octanol–water partition coefficient (Wildman–Crippen LogP) is 3.44. The Labute approximate surface area is 163 Å². The highest BCUT2D eigenvalue weighted by atomic mass is 35.5. The maximum absolute atomic E-state index is 14.8. The average molecular weight is 410 g/mol. The topological polar surface area (TPSA) is 84.9 Å². The molecule has 0 amide bonds. The van der Waals surface area contributed by atoms with Crippen molar-refractivity contribution in [2.45, 2.75) is 24.9 Å². The first kappa shape index (κ1) is 18.5. The van der Waals surface area contributed by atoms with E-state index >= 15 is 0 Å². The molecule has 1 aromatic carbocycles. The zero-order valence-electron chi connectivity index (χ0n) is 14.6. The van der Waals surface area contributed by atoms with Gasteiger partial charge in [0.15, 0.2) is 18.0 Å². The number of hydrogen-bond acceptors (Lipinski definition) is 6. The summed E-state index contributed by atoms with van der Waals surface area (Å²) >= 11 is 5.84. The van der Waals surface area contributed by atoms with Crippen molar-refractivity contribution >= 4 is 29.1 Å². The van der Waals surface area contributed by atoms with E-state index in [9.17, 15) is 13.2 Å². The predicted molar refractivity (Wildman–Crippen MR) is 99.4 cm³/mol. The summed E-state index contributed by atoms with van der Waals surface area (Å²) in [5, 5.41) is 3.48. The Morgan fingerprint density at radius 1 is 1.29 bits per heavy atom. The highest BCUT2D eigenvalue weighted by Crippen LogP contribution is 2.45. The van der Waals surface area contributed by atoms with Crippen LogP contribution in [-0.4, -0.2) is 29.4 Å². The van der Waals surface area contributed by atoms with Gasteiger partial charge in [-0.2, -0.15) is 8.78 Å². The molecular formula is C18H15ClF3N5O. The van der Waals surface area contributed by atoms with Crippen LogP contribution in [-0.2, 0) is 16.8 Å². The Hall–Kier alpha value is -2.81. The van der Waals surface area contributed by atoms with Crippen LogP contribution < -0.4 is 11.1 Å². The Balaban J connectivity index is 1.76. The second kappa shape index (κ2) is 6.37. The summed E-state index contributed by atoms with van der Waals surface area (Å²) < 4.78 is 48.6. The van der Waals surface area contributed by atoms with Crippen LogP contribution in [0.25, 0.3) is 0 Å². The molecule has 0 spiro atoms. The van der Waals surface area contributed by atoms with Crippen molar-refractivity contribution in [2.24, 2.45) is 15.7 Å². The number of halogens is 4. The van der Waals surface area contributed by atoms with Crippen molar-refractivity contribution in [1.82, 2.24) is 4.98 Å². The third-order valence-electron chi connectivity index (χ3n) is 4.80. The molecule has 2 aliphatic heterocycles. The summed E-state index contributed by atoms with van der Waals surface area (Å²) in [5.41, 5.74) is 4.47. The number of benzene rings is 1. The largest absolute Gasteiger partial charge is 0.459 e. The number of rotatable bonds is 2. The second-order valence-corrected chi connectivity index (χ2v) is 7.09. The number of ether oxygens (including phenoxy) is 1. The van der Waals surface area contributed by atoms with Crippen LogP contribution in [0.5, 0.6) is 0 Å². The Morgan fingerprint density at radius 2 is 2.07 bits per heavy atom. The first-order valence-electron chi connectivity index (χ1n) is 8.32. The summed E-state index contributed by atoms with van der Waals surface area (Å²) in [7, 11) is 0. The summed E-state index contributed by atoms with van der Waals surface area (Å²) in [6, 6.07) is 5.40. The van der Waals surface area contributed by atoms with E-state index in [-0.39, 0.29) is 12.1 Å². The lowest BCUT2D eigenvalue weighted by molar-refractivity contribution is -0.117. The van der Waals surface area contributed by atoms with Crippen LogP contribution >= 0.6 is 11.6 Å². The number of pyridine rings is 1. The van der Waals surface area contributed by atoms with Crippen LogP contribution in [0.3, 0.4) is 0 Å². The number of nitrogens with zero attached hydrogens (tertiary/aromatic N) is 3. The van der Waals surface area contributed by atoms with Crippen LogP contribution in [0.15, 0.2) is 40.4 Å². The van der Waals surface area contributed by atoms with Gasteiger partial charge in [-0.25, -0.2) is 9.38 Å². The zero-order valence-corrected chi connectivity index (χ0v) is 15.4. The summed E-state index contributed by atoms with van der Waals surface area (Å²) in [6.45, 7) is 0.316. The van der Waals surface area contributed by atoms with E-state index in [0.717, 1.165) is 6.92 Å². The monoisotopic (exact) mass is 409 g/mol. The van der Waals surface area contributed by atoms with Crippen molar-refractivity contribution < 1.29 is 17.9 Å². The Kier molecular flexibility index (Phi) is 4.22. The number of fused-ring (bicyclic) bond motifs is 1. The molecule has 2 aromatic rings. The van der Waals surface area contributed by atoms with Gasteiger partial charge in [0.25, 0.3) is 6.02 Å². The van der Waals surface area contributed by atoms with Crippen molar-refractivity contribution in [1.29, 1.82) is 0 Å². The molecule has 6 nitrogen and oxygen atoms in total. The van der Waals surface area contributed by atoms with Gasteiger partial charge in [0.2, 0.25) is 0 Å². The number of nitrogens with one attached hydrogen (secondary N) is 1. The van der Waals surface area contributed by atoms with E-state index in [4.69, 9.17) is 17.3 Å². The molecule has 2 aliphatic rings. The normalized spacial score (nSPS) is 23.0. The molecule has 146 valence electrons. The summed E-state index contributed by atoms with van der Waals surface area (Å²) in [5.74, 6) is -3.84. The fourth-order valence-corrected chi connectivity index (χ4v) is 3.24. The van der Waals surface area contributed by atoms with Gasteiger partial charge in [0, 0.05) is 23.0 Å². The Bertz CT molecular complexity index is 1010. The molecule has 1 aromatic heterocycles. The van der Waals surface area contributed by atoms with Crippen LogP contribution in [0, 0.1) is 5.82 Å². The van der Waals surface area contributed by atoms with Gasteiger partial charge in [-0.05, 0) is 31.2 Å². The molecule has 3 heterocycles. The third-order valence-corrected chi connectivity index (χ3v) is 5.02. The number of nitrogens with two attached hydrogens (primary N) is 1. The minimum Gasteiger partial charge on any atom is -0.459 e. The van der Waals surface area contributed by atoms with E-state index in [1.54, 1.807) is 12.1 Å². The fourth-order valence-electron chi connectivity index (χ4n) is 3.12. The molecule has 1 unspecified atom stereocenters. The van der Waals surface area contributed by atoms with Crippen LogP contribution in [0.4, 0.5) is 18.9 Å². The quantitative estimate of drug-likeness (QED) is 0.795. The zero-order chi connectivity index (χ0) is 20.1. The molecule has 0 bridgehead atoms. The first-order valence-corrected chi connectivity index (χ1v) is 8.70. The standard InChI is InChI=1S/C18H15ClF3N5O/c1-17(18(21,22)8-28-16(23)27-17)11-5-14-9(4-12(11)20)6-25-15(26-14)13-3-2-10(19)7-24-13/h2-5,7H,6,8H2,1H3,(H2,23,27)(H,25,26). The molecular weight excluding hydrogens is 395 g/mol. The van der Waals surface area contributed by atoms with Crippen molar-refractivity contribution in [3.8, 4) is 0 Å². The minimum atomic E-state index is -3.45. The van der Waals surface area contributed by atoms with Gasteiger partial charge in [0.05, 0.1) is 11.6 Å². The van der Waals surface area contributed by atoms with Gasteiger partial charge in [-0.1, -0.05) is 11.6 Å². The molecule has 1 atom stereocenters. The van der Waals surface area contributed by atoms with E-state index in [0.29, 0.717) is 27.8 Å². The van der Waals surface area contributed by atoms with Crippen molar-refractivity contribution in [2.75, 3.05) is 11.9 Å². The lowest BCUT2D eigenvalue weighted by Crippen LogP contribution is -2.51. The molecule has 3 N–H and O–H groups in total. The summed E-state index contributed by atoms with van der Waals surface area (Å²) in [6.07, 6.45) is 1.47. The smallest absolute Gasteiger partial charge is 0.310 e. The van der Waals surface area contributed by atoms with Crippen LogP contribution in [0.2, 0.25) is 5.02 Å². The number of aromatic nitrogens is 1. The molecule has 10 heteroatoms. The maximum atomic E-state index is 14.8. The molecule has 0 saturated heterocycles. The van der Waals surface area contributed by atoms with E-state index < -0.39 is 29.9 Å². The molecule has 0 radical (unpaired) electrons. The lowest BCUT2D eigenvalue weighted by Gasteiger charge is -2.38. The molecule has 0 saturated carbocycles. The Morgan fingerprint density at radius 3 is 2.79 bits per heavy atom. The maximum Gasteiger partial charge on any atom is 0.310 e. The highest BCUT2D eigenvalue weighted by Gasteiger charge is 2.56. The van der Waals surface area contributed by atoms with Gasteiger partial charge in [-0.3, -0.25) is 9.98 Å². The number of alkyl halides is 2. The van der Waals surface area contributed by atoms with E-state index in [2.05, 4.69) is 25.0 Å². The SMILES string of the molecule is CC1(c2cc3c(cc2F)CN=C(c2ccc(Cl)cn2)N3)N=C(N)OCC1(F)F. The van der Waals surface area contributed by atoms with Gasteiger partial charge >= 0.3 is 5.92 Å². The molecule has 0 aliphatic carbocycles. The number of aliphatic imine (C=N–C) groups is 2. The number of amidine groups is 2. The molecule has 4 rings (SSSR count). The first-order chi connectivity index (χ1) is 13.2. The van der Waals surface area contributed by atoms with Gasteiger partial charge < -0.3 is 15.8 Å². The minimum absolute atomic E-state index is 0.167. The number of hydrogen-bond donors (Lipinski definition) is 2. The average Bonchev–Trinajstić information content (AvgIpc) is 2.65. The van der Waals surface area contributed by atoms with Gasteiger partial charge in [0.1, 0.15) is 11.5 Å². The van der Waals surface area contributed by atoms with E-state index in [1.807, 2.05) is 0 Å². The fraction of sp³-hybridized carbons (Fsp3) is 0.278. The second-order valence-electron chi connectivity index (χ2n) is 6.66. The third kappa shape index (κ3) is 2.95.